The van der Waals surface area contributed by atoms with Crippen molar-refractivity contribution < 1.29 is 14.3 Å². The van der Waals surface area contributed by atoms with Crippen LogP contribution in [-0.4, -0.2) is 24.9 Å². The maximum Gasteiger partial charge on any atom is 0.316 e. The second kappa shape index (κ2) is 4.65. The van der Waals surface area contributed by atoms with Gasteiger partial charge in [-0.15, -0.1) is 0 Å². The van der Waals surface area contributed by atoms with Gasteiger partial charge in [-0.25, -0.2) is 4.99 Å². The molecule has 17 heavy (non-hydrogen) atoms. The zero-order valence-corrected chi connectivity index (χ0v) is 9.19. The minimum atomic E-state index is -0.686. The molecule has 0 atom stereocenters. The van der Waals surface area contributed by atoms with Gasteiger partial charge in [-0.1, -0.05) is 12.1 Å². The average molecular weight is 233 g/mol. The van der Waals surface area contributed by atoms with Crippen LogP contribution in [0.5, 0.6) is 5.75 Å². The molecule has 6 heteroatoms. The molecule has 0 unspecified atom stereocenters. The summed E-state index contributed by atoms with van der Waals surface area (Å²) >= 11 is 0. The average Bonchev–Trinajstić information content (AvgIpc) is 2.67. The Hall–Kier alpha value is -2.37. The molecule has 1 aliphatic heterocycles. The van der Waals surface area contributed by atoms with E-state index in [1.165, 1.54) is 0 Å². The van der Waals surface area contributed by atoms with Gasteiger partial charge in [0, 0.05) is 0 Å². The number of ether oxygens (including phenoxy) is 1. The summed E-state index contributed by atoms with van der Waals surface area (Å²) in [4.78, 5) is 25.8. The number of guanidine groups is 1. The van der Waals surface area contributed by atoms with Crippen LogP contribution in [0.15, 0.2) is 29.3 Å². The molecule has 6 nitrogen and oxygen atoms in total. The molecule has 2 N–H and O–H groups in total. The molecule has 0 spiro atoms. The summed E-state index contributed by atoms with van der Waals surface area (Å²) in [6.07, 6.45) is 0. The van der Waals surface area contributed by atoms with Crippen LogP contribution in [0.1, 0.15) is 5.56 Å². The molecule has 2 amide bonds. The monoisotopic (exact) mass is 233 g/mol. The van der Waals surface area contributed by atoms with Crippen molar-refractivity contribution in [2.24, 2.45) is 4.99 Å². The van der Waals surface area contributed by atoms with Crippen molar-refractivity contribution in [3.8, 4) is 5.75 Å². The molecular weight excluding hydrogens is 222 g/mol. The number of rotatable bonds is 3. The Bertz CT molecular complexity index is 478. The summed E-state index contributed by atoms with van der Waals surface area (Å²) in [7, 11) is 1.59. The minimum Gasteiger partial charge on any atom is -0.497 e. The van der Waals surface area contributed by atoms with E-state index in [4.69, 9.17) is 4.74 Å². The summed E-state index contributed by atoms with van der Waals surface area (Å²) in [6, 6.07) is 7.39. The van der Waals surface area contributed by atoms with Crippen LogP contribution in [0, 0.1) is 0 Å². The lowest BCUT2D eigenvalue weighted by Gasteiger charge is -2.02. The Morgan fingerprint density at radius 1 is 1.24 bits per heavy atom. The first-order valence-electron chi connectivity index (χ1n) is 4.99. The van der Waals surface area contributed by atoms with Gasteiger partial charge in [-0.05, 0) is 17.7 Å². The molecule has 0 aromatic heterocycles. The third-order valence-corrected chi connectivity index (χ3v) is 2.22. The van der Waals surface area contributed by atoms with Crippen LogP contribution >= 0.6 is 0 Å². The SMILES string of the molecule is COc1cccc(CN=C2NC(=O)C(=O)N2)c1. The highest BCUT2D eigenvalue weighted by Gasteiger charge is 2.24. The highest BCUT2D eigenvalue weighted by Crippen LogP contribution is 2.13. The quantitative estimate of drug-likeness (QED) is 0.709. The lowest BCUT2D eigenvalue weighted by atomic mass is 10.2. The van der Waals surface area contributed by atoms with Crippen LogP contribution in [0.25, 0.3) is 0 Å². The van der Waals surface area contributed by atoms with Gasteiger partial charge >= 0.3 is 11.8 Å². The lowest BCUT2D eigenvalue weighted by molar-refractivity contribution is -0.135. The summed E-state index contributed by atoms with van der Waals surface area (Å²) in [5.41, 5.74) is 0.923. The standard InChI is InChI=1S/C11H11N3O3/c1-17-8-4-2-3-7(5-8)6-12-11-13-9(15)10(16)14-11/h2-5H,6H2,1H3,(H2,12,13,14,15,16). The van der Waals surface area contributed by atoms with Gasteiger partial charge in [-0.2, -0.15) is 0 Å². The molecule has 1 aliphatic rings. The number of hydrogen-bond acceptors (Lipinski definition) is 4. The van der Waals surface area contributed by atoms with Crippen LogP contribution in [0.3, 0.4) is 0 Å². The van der Waals surface area contributed by atoms with E-state index >= 15 is 0 Å². The highest BCUT2D eigenvalue weighted by atomic mass is 16.5. The molecule has 0 radical (unpaired) electrons. The summed E-state index contributed by atoms with van der Waals surface area (Å²) < 4.78 is 5.07. The Kier molecular flexibility index (Phi) is 3.04. The van der Waals surface area contributed by atoms with Crippen LogP contribution in [0.2, 0.25) is 0 Å². The molecule has 0 bridgehead atoms. The fourth-order valence-electron chi connectivity index (χ4n) is 1.38. The van der Waals surface area contributed by atoms with Crippen LogP contribution < -0.4 is 15.4 Å². The van der Waals surface area contributed by atoms with E-state index in [-0.39, 0.29) is 5.96 Å². The Morgan fingerprint density at radius 2 is 1.94 bits per heavy atom. The number of amides is 2. The summed E-state index contributed by atoms with van der Waals surface area (Å²) in [5.74, 6) is -0.450. The Morgan fingerprint density at radius 3 is 2.59 bits per heavy atom. The van der Waals surface area contributed by atoms with Gasteiger partial charge in [0.05, 0.1) is 13.7 Å². The van der Waals surface area contributed by atoms with Gasteiger partial charge in [0.1, 0.15) is 5.75 Å². The molecule has 0 aliphatic carbocycles. The van der Waals surface area contributed by atoms with E-state index < -0.39 is 11.8 Å². The minimum absolute atomic E-state index is 0.183. The van der Waals surface area contributed by atoms with Gasteiger partial charge in [0.25, 0.3) is 0 Å². The van der Waals surface area contributed by atoms with Crippen molar-refractivity contribution >= 4 is 17.8 Å². The van der Waals surface area contributed by atoms with E-state index in [0.717, 1.165) is 11.3 Å². The number of methoxy groups -OCH3 is 1. The topological polar surface area (TPSA) is 79.8 Å². The first-order valence-corrected chi connectivity index (χ1v) is 4.99. The fourth-order valence-corrected chi connectivity index (χ4v) is 1.38. The Balaban J connectivity index is 2.04. The lowest BCUT2D eigenvalue weighted by Crippen LogP contribution is -2.25. The summed E-state index contributed by atoms with van der Waals surface area (Å²) in [6.45, 7) is 0.354. The number of hydrogen-bond donors (Lipinski definition) is 2. The zero-order chi connectivity index (χ0) is 12.3. The first kappa shape index (κ1) is 11.1. The molecule has 1 heterocycles. The Labute approximate surface area is 97.7 Å². The van der Waals surface area contributed by atoms with Crippen molar-refractivity contribution in [1.29, 1.82) is 0 Å². The van der Waals surface area contributed by atoms with Gasteiger partial charge in [-0.3, -0.25) is 20.2 Å². The first-order chi connectivity index (χ1) is 8.19. The number of nitrogens with zero attached hydrogens (tertiary/aromatic N) is 1. The number of aliphatic imine (C=N–C) groups is 1. The molecule has 1 aromatic rings. The predicted octanol–water partition coefficient (Wildman–Crippen LogP) is -0.203. The third-order valence-electron chi connectivity index (χ3n) is 2.22. The molecule has 1 fully saturated rings. The number of carbonyl (C=O) groups is 2. The van der Waals surface area contributed by atoms with E-state index in [1.54, 1.807) is 7.11 Å². The van der Waals surface area contributed by atoms with E-state index in [0.29, 0.717) is 6.54 Å². The second-order valence-corrected chi connectivity index (χ2v) is 3.42. The van der Waals surface area contributed by atoms with E-state index in [2.05, 4.69) is 15.6 Å². The van der Waals surface area contributed by atoms with Gasteiger partial charge < -0.3 is 4.74 Å². The fraction of sp³-hybridized carbons (Fsp3) is 0.182. The van der Waals surface area contributed by atoms with Gasteiger partial charge in [0.2, 0.25) is 5.96 Å². The van der Waals surface area contributed by atoms with Crippen LogP contribution in [0.4, 0.5) is 0 Å². The largest absolute Gasteiger partial charge is 0.497 e. The third kappa shape index (κ3) is 2.60. The van der Waals surface area contributed by atoms with Gasteiger partial charge in [0.15, 0.2) is 0 Å². The number of nitrogens with one attached hydrogen (secondary N) is 2. The maximum absolute atomic E-state index is 10.9. The highest BCUT2D eigenvalue weighted by molar-refractivity contribution is 6.45. The van der Waals surface area contributed by atoms with Crippen molar-refractivity contribution in [3.63, 3.8) is 0 Å². The second-order valence-electron chi connectivity index (χ2n) is 3.42. The smallest absolute Gasteiger partial charge is 0.316 e. The number of carbonyl (C=O) groups excluding carboxylic acids is 2. The molecular formula is C11H11N3O3. The molecule has 0 saturated carbocycles. The van der Waals surface area contributed by atoms with Crippen molar-refractivity contribution in [2.45, 2.75) is 6.54 Å². The van der Waals surface area contributed by atoms with Crippen LogP contribution in [-0.2, 0) is 16.1 Å². The van der Waals surface area contributed by atoms with Crippen molar-refractivity contribution in [3.05, 3.63) is 29.8 Å². The molecule has 88 valence electrons. The number of benzene rings is 1. The van der Waals surface area contributed by atoms with E-state index in [9.17, 15) is 9.59 Å². The predicted molar refractivity (Wildman–Crippen MR) is 60.4 cm³/mol. The normalized spacial score (nSPS) is 14.3. The molecule has 1 saturated heterocycles. The molecule has 2 rings (SSSR count). The maximum atomic E-state index is 10.9. The zero-order valence-electron chi connectivity index (χ0n) is 9.19. The van der Waals surface area contributed by atoms with Crippen molar-refractivity contribution in [2.75, 3.05) is 7.11 Å². The van der Waals surface area contributed by atoms with E-state index in [1.807, 2.05) is 24.3 Å². The summed E-state index contributed by atoms with van der Waals surface area (Å²) in [5, 5.41) is 4.64. The molecule has 1 aromatic carbocycles. The van der Waals surface area contributed by atoms with Crippen molar-refractivity contribution in [1.82, 2.24) is 10.6 Å².